The molecule has 1 aliphatic rings. The molecule has 0 radical (unpaired) electrons. The molecule has 1 saturated heterocycles. The minimum atomic E-state index is -1.92. The fraction of sp³-hybridized carbons (Fsp3) is 0.672. The summed E-state index contributed by atoms with van der Waals surface area (Å²) in [5.41, 5.74) is 0. The van der Waals surface area contributed by atoms with Crippen LogP contribution in [0.5, 0.6) is 0 Å². The molecule has 1 aliphatic heterocycles. The van der Waals surface area contributed by atoms with E-state index < -0.39 is 67.3 Å². The molecule has 414 valence electrons. The van der Waals surface area contributed by atoms with Crippen molar-refractivity contribution in [3.63, 3.8) is 0 Å². The van der Waals surface area contributed by atoms with Gasteiger partial charge >= 0.3 is 23.9 Å². The Hall–Kier alpha value is -4.36. The third-order valence-corrected chi connectivity index (χ3v) is 12.1. The number of carboxylic acid groups (broad SMARTS) is 1. The number of carboxylic acids is 1. The van der Waals surface area contributed by atoms with E-state index >= 15 is 0 Å². The van der Waals surface area contributed by atoms with Crippen molar-refractivity contribution in [2.24, 2.45) is 0 Å². The number of allylic oxidation sites excluding steroid dienone is 16. The SMILES string of the molecule is CC/C=C\C/C=C\C/C=C\C/C=C\CCC(=O)OC(COC(=O)CCCCCCCC/C=C\C/C=C\C/C=C\CCCCC)COC1OC(C(=O)O)C(O)C(O)C1OC(=O)CCCCCCC/C=C\CCCC. The van der Waals surface area contributed by atoms with Gasteiger partial charge in [-0.2, -0.15) is 0 Å². The van der Waals surface area contributed by atoms with Gasteiger partial charge < -0.3 is 39.0 Å². The van der Waals surface area contributed by atoms with E-state index in [0.717, 1.165) is 109 Å². The number of ether oxygens (including phenoxy) is 5. The number of carbonyl (C=O) groups is 4. The first kappa shape index (κ1) is 66.7. The van der Waals surface area contributed by atoms with Crippen LogP contribution in [0.1, 0.15) is 213 Å². The van der Waals surface area contributed by atoms with E-state index in [1.54, 1.807) is 0 Å². The zero-order chi connectivity index (χ0) is 53.3. The summed E-state index contributed by atoms with van der Waals surface area (Å²) in [4.78, 5) is 50.9. The van der Waals surface area contributed by atoms with E-state index in [9.17, 15) is 34.5 Å². The smallest absolute Gasteiger partial charge is 0.335 e. The summed E-state index contributed by atoms with van der Waals surface area (Å²) in [5, 5.41) is 31.4. The molecular formula is C61H98O12. The summed E-state index contributed by atoms with van der Waals surface area (Å²) in [7, 11) is 0. The van der Waals surface area contributed by atoms with Gasteiger partial charge in [-0.15, -0.1) is 0 Å². The number of hydrogen-bond donors (Lipinski definition) is 3. The van der Waals surface area contributed by atoms with Gasteiger partial charge in [0.05, 0.1) is 6.61 Å². The molecule has 3 N–H and O–H groups in total. The maximum Gasteiger partial charge on any atom is 0.335 e. The molecule has 0 aromatic heterocycles. The summed E-state index contributed by atoms with van der Waals surface area (Å²) in [5.74, 6) is -3.27. The van der Waals surface area contributed by atoms with Crippen LogP contribution >= 0.6 is 0 Å². The van der Waals surface area contributed by atoms with E-state index in [0.29, 0.717) is 25.7 Å². The summed E-state index contributed by atoms with van der Waals surface area (Å²) in [6, 6.07) is 0. The molecule has 73 heavy (non-hydrogen) atoms. The van der Waals surface area contributed by atoms with E-state index in [2.05, 4.69) is 106 Å². The second-order valence-corrected chi connectivity index (χ2v) is 18.8. The lowest BCUT2D eigenvalue weighted by Gasteiger charge is -2.40. The second-order valence-electron chi connectivity index (χ2n) is 18.8. The van der Waals surface area contributed by atoms with Gasteiger partial charge in [-0.25, -0.2) is 4.79 Å². The molecule has 0 aromatic rings. The maximum absolute atomic E-state index is 13.1. The van der Waals surface area contributed by atoms with Crippen molar-refractivity contribution in [1.29, 1.82) is 0 Å². The summed E-state index contributed by atoms with van der Waals surface area (Å²) >= 11 is 0. The third-order valence-electron chi connectivity index (χ3n) is 12.1. The molecule has 0 amide bonds. The van der Waals surface area contributed by atoms with Crippen LogP contribution in [0.15, 0.2) is 97.2 Å². The zero-order valence-corrected chi connectivity index (χ0v) is 45.3. The van der Waals surface area contributed by atoms with Gasteiger partial charge in [-0.3, -0.25) is 14.4 Å². The van der Waals surface area contributed by atoms with Gasteiger partial charge in [0, 0.05) is 19.3 Å². The molecule has 1 rings (SSSR count). The molecule has 1 heterocycles. The maximum atomic E-state index is 13.1. The topological polar surface area (TPSA) is 175 Å². The monoisotopic (exact) mass is 1020 g/mol. The largest absolute Gasteiger partial charge is 0.479 e. The summed E-state index contributed by atoms with van der Waals surface area (Å²) < 4.78 is 28.2. The van der Waals surface area contributed by atoms with Gasteiger partial charge in [-0.1, -0.05) is 189 Å². The molecule has 0 bridgehead atoms. The number of esters is 3. The Morgan fingerprint density at radius 1 is 0.466 bits per heavy atom. The molecule has 0 aromatic carbocycles. The Bertz CT molecular complexity index is 1640. The molecule has 12 heteroatoms. The van der Waals surface area contributed by atoms with E-state index in [4.69, 9.17) is 23.7 Å². The highest BCUT2D eigenvalue weighted by molar-refractivity contribution is 5.74. The Morgan fingerprint density at radius 2 is 0.904 bits per heavy atom. The molecular weight excluding hydrogens is 925 g/mol. The minimum absolute atomic E-state index is 0.0337. The van der Waals surface area contributed by atoms with Crippen LogP contribution in [0.2, 0.25) is 0 Å². The first-order valence-corrected chi connectivity index (χ1v) is 28.2. The van der Waals surface area contributed by atoms with Gasteiger partial charge in [0.15, 0.2) is 24.6 Å². The fourth-order valence-electron chi connectivity index (χ4n) is 7.78. The number of carbonyl (C=O) groups excluding carboxylic acids is 3. The predicted octanol–water partition coefficient (Wildman–Crippen LogP) is 14.1. The average Bonchev–Trinajstić information content (AvgIpc) is 3.37. The third kappa shape index (κ3) is 38.8. The van der Waals surface area contributed by atoms with Crippen molar-refractivity contribution >= 4 is 23.9 Å². The first-order chi connectivity index (χ1) is 35.6. The van der Waals surface area contributed by atoms with Gasteiger partial charge in [0.2, 0.25) is 0 Å². The average molecular weight is 1020 g/mol. The van der Waals surface area contributed by atoms with Crippen LogP contribution in [-0.4, -0.2) is 89.2 Å². The number of rotatable bonds is 46. The molecule has 0 saturated carbocycles. The zero-order valence-electron chi connectivity index (χ0n) is 45.3. The molecule has 12 nitrogen and oxygen atoms in total. The van der Waals surface area contributed by atoms with Crippen molar-refractivity contribution in [3.05, 3.63) is 97.2 Å². The van der Waals surface area contributed by atoms with Crippen molar-refractivity contribution in [1.82, 2.24) is 0 Å². The van der Waals surface area contributed by atoms with Crippen LogP contribution in [-0.2, 0) is 42.9 Å². The van der Waals surface area contributed by atoms with E-state index in [1.165, 1.54) is 38.5 Å². The first-order valence-electron chi connectivity index (χ1n) is 28.2. The molecule has 1 fully saturated rings. The molecule has 6 unspecified atom stereocenters. The Balaban J connectivity index is 2.74. The molecule has 0 spiro atoms. The van der Waals surface area contributed by atoms with Crippen molar-refractivity contribution in [2.75, 3.05) is 13.2 Å². The van der Waals surface area contributed by atoms with Crippen LogP contribution in [0.25, 0.3) is 0 Å². The Morgan fingerprint density at radius 3 is 1.42 bits per heavy atom. The predicted molar refractivity (Wildman–Crippen MR) is 294 cm³/mol. The highest BCUT2D eigenvalue weighted by Gasteiger charge is 2.50. The van der Waals surface area contributed by atoms with Crippen LogP contribution in [0, 0.1) is 0 Å². The normalized spacial score (nSPS) is 19.1. The molecule has 0 aliphatic carbocycles. The quantitative estimate of drug-likeness (QED) is 0.0228. The Kier molecular flexibility index (Phi) is 44.4. The number of aliphatic hydroxyl groups is 2. The lowest BCUT2D eigenvalue weighted by molar-refractivity contribution is -0.301. The van der Waals surface area contributed by atoms with Gasteiger partial charge in [0.1, 0.15) is 18.8 Å². The molecule has 6 atom stereocenters. The standard InChI is InChI=1S/C61H98O12/c1-4-7-10-13-16-19-22-24-25-26-27-28-29-31-33-35-38-41-44-47-53(62)69-50-52(71-54(63)48-45-42-39-37-34-30-23-20-17-14-11-8-5-2)51-70-61-59(57(66)56(65)58(73-61)60(67)68)72-55(64)49-46-43-40-36-32-21-18-15-12-9-6-3/h8,11,15-20,24-25,27-28,30,34,39,42,52,56-59,61,65-66H,4-7,9-10,12-14,21-23,26,29,31-33,35-38,40-41,43-51H2,1-3H3,(H,67,68)/b11-8-,18-15-,19-16-,20-17-,25-24-,28-27-,34-30-,42-39-. The fourth-order valence-corrected chi connectivity index (χ4v) is 7.78. The van der Waals surface area contributed by atoms with Gasteiger partial charge in [0.25, 0.3) is 0 Å². The lowest BCUT2D eigenvalue weighted by atomic mass is 9.98. The Labute approximate surface area is 441 Å². The summed E-state index contributed by atoms with van der Waals surface area (Å²) in [6.45, 7) is 5.70. The number of hydrogen-bond acceptors (Lipinski definition) is 11. The number of aliphatic carboxylic acids is 1. The highest BCUT2D eigenvalue weighted by atomic mass is 16.7. The lowest BCUT2D eigenvalue weighted by Crippen LogP contribution is -2.61. The van der Waals surface area contributed by atoms with Gasteiger partial charge in [-0.05, 0) is 103 Å². The highest BCUT2D eigenvalue weighted by Crippen LogP contribution is 2.26. The summed E-state index contributed by atoms with van der Waals surface area (Å²) in [6.07, 6.45) is 51.2. The van der Waals surface area contributed by atoms with Crippen molar-refractivity contribution in [3.8, 4) is 0 Å². The van der Waals surface area contributed by atoms with E-state index in [-0.39, 0.29) is 25.9 Å². The van der Waals surface area contributed by atoms with Crippen molar-refractivity contribution in [2.45, 2.75) is 250 Å². The minimum Gasteiger partial charge on any atom is -0.479 e. The van der Waals surface area contributed by atoms with E-state index in [1.807, 2.05) is 12.2 Å². The van der Waals surface area contributed by atoms with Crippen molar-refractivity contribution < 1.29 is 58.2 Å². The van der Waals surface area contributed by atoms with Crippen LogP contribution < -0.4 is 0 Å². The second kappa shape index (κ2) is 48.6. The number of unbranched alkanes of at least 4 members (excludes halogenated alkanes) is 16. The number of aliphatic hydroxyl groups excluding tert-OH is 2. The van der Waals surface area contributed by atoms with Crippen LogP contribution in [0.4, 0.5) is 0 Å². The van der Waals surface area contributed by atoms with Crippen LogP contribution in [0.3, 0.4) is 0 Å².